The zero-order valence-corrected chi connectivity index (χ0v) is 16.2. The van der Waals surface area contributed by atoms with Crippen LogP contribution in [0.1, 0.15) is 56.9 Å². The summed E-state index contributed by atoms with van der Waals surface area (Å²) in [6, 6.07) is 10.7. The smallest absolute Gasteiger partial charge is 0.190 e. The summed E-state index contributed by atoms with van der Waals surface area (Å²) in [4.78, 5) is 4.39. The molecule has 1 saturated carbocycles. The molecule has 0 bridgehead atoms. The first-order chi connectivity index (χ1) is 12.2. The van der Waals surface area contributed by atoms with Gasteiger partial charge in [-0.05, 0) is 42.6 Å². The summed E-state index contributed by atoms with van der Waals surface area (Å²) in [5.74, 6) is 1.47. The fourth-order valence-corrected chi connectivity index (χ4v) is 3.81. The van der Waals surface area contributed by atoms with Crippen LogP contribution in [0.2, 0.25) is 0 Å². The van der Waals surface area contributed by atoms with Gasteiger partial charge >= 0.3 is 0 Å². The molecular weight excluding hydrogens is 310 g/mol. The molecule has 1 aliphatic carbocycles. The van der Waals surface area contributed by atoms with Gasteiger partial charge in [-0.2, -0.15) is 0 Å². The molecule has 0 aliphatic heterocycles. The van der Waals surface area contributed by atoms with Crippen LogP contribution >= 0.6 is 0 Å². The van der Waals surface area contributed by atoms with E-state index in [9.17, 15) is 0 Å². The van der Waals surface area contributed by atoms with E-state index in [1.807, 2.05) is 7.05 Å². The van der Waals surface area contributed by atoms with Crippen LogP contribution in [0.3, 0.4) is 0 Å². The Bertz CT molecular complexity index is 509. The molecule has 2 rings (SSSR count). The van der Waals surface area contributed by atoms with E-state index in [0.29, 0.717) is 11.3 Å². The SMILES string of the molecule is CN=C(NCCC(C)c1ccccc1)NCC1(CCOC)CCCC1. The van der Waals surface area contributed by atoms with Gasteiger partial charge in [0.2, 0.25) is 0 Å². The first kappa shape index (κ1) is 19.8. The Morgan fingerprint density at radius 2 is 1.92 bits per heavy atom. The Balaban J connectivity index is 1.74. The topological polar surface area (TPSA) is 45.7 Å². The van der Waals surface area contributed by atoms with E-state index in [1.54, 1.807) is 7.11 Å². The molecule has 1 unspecified atom stereocenters. The molecule has 0 saturated heterocycles. The van der Waals surface area contributed by atoms with Crippen molar-refractivity contribution in [2.24, 2.45) is 10.4 Å². The molecule has 1 fully saturated rings. The molecule has 4 heteroatoms. The molecule has 25 heavy (non-hydrogen) atoms. The van der Waals surface area contributed by atoms with Gasteiger partial charge in [0.15, 0.2) is 5.96 Å². The summed E-state index contributed by atoms with van der Waals surface area (Å²) in [7, 11) is 3.65. The zero-order chi connectivity index (χ0) is 18.0. The number of guanidine groups is 1. The van der Waals surface area contributed by atoms with Crippen LogP contribution < -0.4 is 10.6 Å². The standard InChI is InChI=1S/C21H35N3O/c1-18(19-9-5-4-6-10-19)11-15-23-20(22-2)24-17-21(14-16-25-3)12-7-8-13-21/h4-6,9-10,18H,7-8,11-17H2,1-3H3,(H2,22,23,24). The summed E-state index contributed by atoms with van der Waals surface area (Å²) in [6.07, 6.45) is 7.51. The second-order valence-corrected chi connectivity index (χ2v) is 7.40. The number of benzene rings is 1. The number of hydrogen-bond donors (Lipinski definition) is 2. The maximum atomic E-state index is 5.32. The summed E-state index contributed by atoms with van der Waals surface area (Å²) < 4.78 is 5.32. The van der Waals surface area contributed by atoms with E-state index in [1.165, 1.54) is 31.2 Å². The maximum Gasteiger partial charge on any atom is 0.190 e. The third-order valence-electron chi connectivity index (χ3n) is 5.59. The van der Waals surface area contributed by atoms with Gasteiger partial charge in [-0.15, -0.1) is 0 Å². The van der Waals surface area contributed by atoms with E-state index in [0.717, 1.165) is 38.5 Å². The van der Waals surface area contributed by atoms with Crippen LogP contribution in [0, 0.1) is 5.41 Å². The lowest BCUT2D eigenvalue weighted by Crippen LogP contribution is -2.43. The second kappa shape index (κ2) is 10.4. The molecule has 2 N–H and O–H groups in total. The predicted molar refractivity (Wildman–Crippen MR) is 106 cm³/mol. The molecule has 1 aromatic carbocycles. The van der Waals surface area contributed by atoms with Crippen molar-refractivity contribution in [3.63, 3.8) is 0 Å². The number of methoxy groups -OCH3 is 1. The quantitative estimate of drug-likeness (QED) is 0.526. The summed E-state index contributed by atoms with van der Waals surface area (Å²) in [5.41, 5.74) is 1.78. The lowest BCUT2D eigenvalue weighted by Gasteiger charge is -2.30. The van der Waals surface area contributed by atoms with Crippen LogP contribution in [0.5, 0.6) is 0 Å². The Kier molecular flexibility index (Phi) is 8.26. The molecule has 1 aromatic rings. The first-order valence-electron chi connectivity index (χ1n) is 9.67. The van der Waals surface area contributed by atoms with Crippen molar-refractivity contribution in [2.75, 3.05) is 33.9 Å². The van der Waals surface area contributed by atoms with Crippen LogP contribution in [0.15, 0.2) is 35.3 Å². The maximum absolute atomic E-state index is 5.32. The van der Waals surface area contributed by atoms with Crippen LogP contribution in [0.25, 0.3) is 0 Å². The normalized spacial score (nSPS) is 18.1. The molecule has 1 aliphatic rings. The molecule has 140 valence electrons. The van der Waals surface area contributed by atoms with Crippen molar-refractivity contribution in [3.05, 3.63) is 35.9 Å². The Morgan fingerprint density at radius 1 is 1.20 bits per heavy atom. The molecule has 0 radical (unpaired) electrons. The number of rotatable bonds is 9. The van der Waals surface area contributed by atoms with Crippen LogP contribution in [0.4, 0.5) is 0 Å². The summed E-state index contributed by atoms with van der Waals surface area (Å²) in [5, 5.41) is 7.03. The van der Waals surface area contributed by atoms with Crippen molar-refractivity contribution in [3.8, 4) is 0 Å². The predicted octanol–water partition coefficient (Wildman–Crippen LogP) is 3.94. The van der Waals surface area contributed by atoms with E-state index in [2.05, 4.69) is 52.9 Å². The minimum Gasteiger partial charge on any atom is -0.385 e. The number of aliphatic imine (C=N–C) groups is 1. The van der Waals surface area contributed by atoms with E-state index in [-0.39, 0.29) is 0 Å². The van der Waals surface area contributed by atoms with Gasteiger partial charge in [-0.3, -0.25) is 4.99 Å². The third kappa shape index (κ3) is 6.35. The Morgan fingerprint density at radius 3 is 2.56 bits per heavy atom. The van der Waals surface area contributed by atoms with E-state index in [4.69, 9.17) is 4.74 Å². The molecule has 0 spiro atoms. The monoisotopic (exact) mass is 345 g/mol. The van der Waals surface area contributed by atoms with Crippen molar-refractivity contribution in [1.29, 1.82) is 0 Å². The van der Waals surface area contributed by atoms with Crippen LogP contribution in [-0.2, 0) is 4.74 Å². The molecule has 0 amide bonds. The van der Waals surface area contributed by atoms with Gasteiger partial charge in [0.25, 0.3) is 0 Å². The van der Waals surface area contributed by atoms with E-state index >= 15 is 0 Å². The van der Waals surface area contributed by atoms with Crippen molar-refractivity contribution in [1.82, 2.24) is 10.6 Å². The zero-order valence-electron chi connectivity index (χ0n) is 16.2. The largest absolute Gasteiger partial charge is 0.385 e. The highest BCUT2D eigenvalue weighted by molar-refractivity contribution is 5.79. The molecule has 1 atom stereocenters. The van der Waals surface area contributed by atoms with Gasteiger partial charge in [0.05, 0.1) is 0 Å². The number of ether oxygens (including phenoxy) is 1. The second-order valence-electron chi connectivity index (χ2n) is 7.40. The minimum atomic E-state index is 0.380. The lowest BCUT2D eigenvalue weighted by molar-refractivity contribution is 0.138. The van der Waals surface area contributed by atoms with Crippen molar-refractivity contribution >= 4 is 5.96 Å². The van der Waals surface area contributed by atoms with E-state index < -0.39 is 0 Å². The van der Waals surface area contributed by atoms with Crippen molar-refractivity contribution in [2.45, 2.75) is 51.4 Å². The lowest BCUT2D eigenvalue weighted by atomic mass is 9.83. The number of nitrogens with one attached hydrogen (secondary N) is 2. The highest BCUT2D eigenvalue weighted by Crippen LogP contribution is 2.40. The van der Waals surface area contributed by atoms with Gasteiger partial charge in [0.1, 0.15) is 0 Å². The summed E-state index contributed by atoms with van der Waals surface area (Å²) >= 11 is 0. The van der Waals surface area contributed by atoms with Crippen molar-refractivity contribution < 1.29 is 4.74 Å². The molecule has 0 aromatic heterocycles. The minimum absolute atomic E-state index is 0.380. The highest BCUT2D eigenvalue weighted by Gasteiger charge is 2.33. The Hall–Kier alpha value is -1.55. The number of hydrogen-bond acceptors (Lipinski definition) is 2. The molecule has 4 nitrogen and oxygen atoms in total. The van der Waals surface area contributed by atoms with Gasteiger partial charge in [0, 0.05) is 33.9 Å². The molecule has 0 heterocycles. The fraction of sp³-hybridized carbons (Fsp3) is 0.667. The average molecular weight is 346 g/mol. The Labute approximate surface area is 153 Å². The van der Waals surface area contributed by atoms with Crippen LogP contribution in [-0.4, -0.2) is 39.8 Å². The highest BCUT2D eigenvalue weighted by atomic mass is 16.5. The fourth-order valence-electron chi connectivity index (χ4n) is 3.81. The van der Waals surface area contributed by atoms with Gasteiger partial charge in [-0.25, -0.2) is 0 Å². The summed E-state index contributed by atoms with van der Waals surface area (Å²) in [6.45, 7) is 5.05. The third-order valence-corrected chi connectivity index (χ3v) is 5.59. The first-order valence-corrected chi connectivity index (χ1v) is 9.67. The van der Waals surface area contributed by atoms with Gasteiger partial charge < -0.3 is 15.4 Å². The van der Waals surface area contributed by atoms with Gasteiger partial charge in [-0.1, -0.05) is 50.1 Å². The molecular formula is C21H35N3O. The number of nitrogens with zero attached hydrogens (tertiary/aromatic N) is 1. The average Bonchev–Trinajstić information content (AvgIpc) is 3.12.